The van der Waals surface area contributed by atoms with Gasteiger partial charge in [-0.25, -0.2) is 65.3 Å². The first-order chi connectivity index (χ1) is 38.3. The Bertz CT molecular complexity index is 3700. The maximum Gasteiger partial charge on any atom is 0.296 e. The summed E-state index contributed by atoms with van der Waals surface area (Å²) in [6, 6.07) is 20.7. The highest BCUT2D eigenvalue weighted by Gasteiger charge is 2.47. The van der Waals surface area contributed by atoms with Crippen LogP contribution in [0.2, 0.25) is 0 Å². The van der Waals surface area contributed by atoms with Gasteiger partial charge in [0.25, 0.3) is 11.8 Å². The summed E-state index contributed by atoms with van der Waals surface area (Å²) in [4.78, 5) is 28.8. The fourth-order valence-electron chi connectivity index (χ4n) is 9.69. The van der Waals surface area contributed by atoms with Gasteiger partial charge in [-0.15, -0.1) is 0 Å². The van der Waals surface area contributed by atoms with E-state index in [1.54, 1.807) is 72.4 Å². The number of fused-ring (bicyclic) bond motifs is 4. The third-order valence-corrected chi connectivity index (χ3v) is 13.9. The molecule has 2 N–H and O–H groups in total. The Morgan fingerprint density at radius 1 is 0.500 bits per heavy atom. The lowest BCUT2D eigenvalue weighted by molar-refractivity contribution is -0.135. The van der Waals surface area contributed by atoms with E-state index in [-0.39, 0.29) is 37.4 Å². The Kier molecular flexibility index (Phi) is 14.2. The molecule has 12 rings (SSSR count). The number of anilines is 4. The van der Waals surface area contributed by atoms with Crippen molar-refractivity contribution in [2.45, 2.75) is 64.6 Å². The number of aryl methyl sites for hydroxylation is 4. The van der Waals surface area contributed by atoms with Crippen LogP contribution in [0.1, 0.15) is 35.1 Å². The molecule has 0 amide bonds. The monoisotopic (exact) mass is 1100 g/mol. The number of likely N-dealkylation sites (tertiary alicyclic amines) is 2. The highest BCUT2D eigenvalue weighted by atomic mass is 19.3. The minimum atomic E-state index is -3.00. The highest BCUT2D eigenvalue weighted by Crippen LogP contribution is 2.42. The quantitative estimate of drug-likeness (QED) is 0.110. The molecule has 18 nitrogen and oxygen atoms in total. The number of hydrogen-bond donors (Lipinski definition) is 2. The molecule has 6 aromatic heterocycles. The Morgan fingerprint density at radius 2 is 0.925 bits per heavy atom. The van der Waals surface area contributed by atoms with Gasteiger partial charge in [-0.05, 0) is 113 Å². The average Bonchev–Trinajstić information content (AvgIpc) is 4.16. The van der Waals surface area contributed by atoms with Crippen molar-refractivity contribution in [2.24, 2.45) is 0 Å². The minimum Gasteiger partial charge on any atom is -0.483 e. The van der Waals surface area contributed by atoms with Gasteiger partial charge < -0.3 is 39.4 Å². The Labute approximate surface area is 453 Å². The molecule has 80 heavy (non-hydrogen) atoms. The molecular weight excluding hydrogens is 1050 g/mol. The number of nitrogens with one attached hydrogen (secondary N) is 2. The molecule has 2 saturated heterocycles. The fourth-order valence-corrected chi connectivity index (χ4v) is 9.69. The van der Waals surface area contributed by atoms with E-state index >= 15 is 0 Å². The zero-order valence-corrected chi connectivity index (χ0v) is 44.1. The fraction of sp³-hybridized carbons (Fsp3) is 0.286. The first-order valence-corrected chi connectivity index (χ1v) is 25.4. The molecule has 2 aliphatic heterocycles. The van der Waals surface area contributed by atoms with Gasteiger partial charge in [-0.3, -0.25) is 0 Å². The van der Waals surface area contributed by atoms with Crippen molar-refractivity contribution in [3.63, 3.8) is 0 Å². The van der Waals surface area contributed by atoms with Crippen LogP contribution in [-0.2, 0) is 0 Å². The van der Waals surface area contributed by atoms with Crippen LogP contribution in [0.3, 0.4) is 0 Å². The highest BCUT2D eigenvalue weighted by molar-refractivity contribution is 5.98. The largest absolute Gasteiger partial charge is 0.483 e. The summed E-state index contributed by atoms with van der Waals surface area (Å²) in [7, 11) is 3.35. The predicted octanol–water partition coefficient (Wildman–Crippen LogP) is 11.4. The van der Waals surface area contributed by atoms with E-state index in [2.05, 4.69) is 50.7 Å². The summed E-state index contributed by atoms with van der Waals surface area (Å²) in [5, 5.41) is 15.4. The predicted molar refractivity (Wildman–Crippen MR) is 286 cm³/mol. The average molecular weight is 1100 g/mol. The van der Waals surface area contributed by atoms with Gasteiger partial charge in [0.2, 0.25) is 0 Å². The SMILES string of the molecule is Cc1cc(Nc2ncnc3ccc(C)c(OC4CCN(C)CC4(F)F)c23)ccc1Oc1cc2ncnn2cc1F.Cc1cc(Nc2ncnc3ccc(C)c(OC4CCN(C)CC4(F)F)c23)ccc1Oc1cc2ncnn2cc1F. The van der Waals surface area contributed by atoms with Crippen molar-refractivity contribution in [2.75, 3.05) is 50.9 Å². The summed E-state index contributed by atoms with van der Waals surface area (Å²) < 4.78 is 115. The lowest BCUT2D eigenvalue weighted by Gasteiger charge is -2.36. The third kappa shape index (κ3) is 10.9. The topological polar surface area (TPSA) is 179 Å². The van der Waals surface area contributed by atoms with Crippen LogP contribution in [0, 0.1) is 39.3 Å². The first kappa shape index (κ1) is 53.1. The van der Waals surface area contributed by atoms with Crippen molar-refractivity contribution < 1.29 is 45.3 Å². The van der Waals surface area contributed by atoms with Gasteiger partial charge in [-0.2, -0.15) is 10.2 Å². The molecule has 24 heteroatoms. The molecule has 0 saturated carbocycles. The van der Waals surface area contributed by atoms with Crippen molar-refractivity contribution in [3.8, 4) is 34.5 Å². The Hall–Kier alpha value is -8.90. The summed E-state index contributed by atoms with van der Waals surface area (Å²) >= 11 is 0. The number of rotatable bonds is 12. The van der Waals surface area contributed by atoms with E-state index in [0.717, 1.165) is 11.1 Å². The van der Waals surface area contributed by atoms with Gasteiger partial charge in [0.05, 0.1) is 47.3 Å². The van der Waals surface area contributed by atoms with Crippen LogP contribution in [-0.4, -0.2) is 123 Å². The molecule has 2 atom stereocenters. The molecule has 2 unspecified atom stereocenters. The summed E-state index contributed by atoms with van der Waals surface area (Å²) in [5.41, 5.74) is 6.20. The number of piperidine rings is 2. The van der Waals surface area contributed by atoms with Crippen molar-refractivity contribution >= 4 is 56.1 Å². The zero-order chi connectivity index (χ0) is 56.0. The Balaban J connectivity index is 0.000000169. The van der Waals surface area contributed by atoms with E-state index in [1.807, 2.05) is 39.8 Å². The molecule has 412 valence electrons. The third-order valence-electron chi connectivity index (χ3n) is 13.9. The maximum atomic E-state index is 14.9. The Morgan fingerprint density at radius 3 is 1.32 bits per heavy atom. The second kappa shape index (κ2) is 21.4. The van der Waals surface area contributed by atoms with Gasteiger partial charge >= 0.3 is 0 Å². The van der Waals surface area contributed by atoms with Gasteiger partial charge in [0.1, 0.15) is 59.9 Å². The summed E-state index contributed by atoms with van der Waals surface area (Å²) in [6.07, 6.45) is 5.73. The number of hydrogen-bond acceptors (Lipinski definition) is 16. The van der Waals surface area contributed by atoms with Gasteiger partial charge in [-0.1, -0.05) is 12.1 Å². The maximum absolute atomic E-state index is 14.9. The minimum absolute atomic E-state index is 0.0223. The van der Waals surface area contributed by atoms with E-state index < -0.39 is 35.7 Å². The second-order valence-electron chi connectivity index (χ2n) is 20.0. The van der Waals surface area contributed by atoms with E-state index in [9.17, 15) is 26.3 Å². The normalized spacial score (nSPS) is 17.3. The molecule has 0 radical (unpaired) electrons. The number of pyridine rings is 2. The molecule has 10 aromatic rings. The van der Waals surface area contributed by atoms with Crippen molar-refractivity contribution in [1.82, 2.24) is 58.9 Å². The van der Waals surface area contributed by atoms with Crippen LogP contribution in [0.15, 0.2) is 110 Å². The zero-order valence-electron chi connectivity index (χ0n) is 44.1. The van der Waals surface area contributed by atoms with Crippen molar-refractivity contribution in [1.29, 1.82) is 0 Å². The smallest absolute Gasteiger partial charge is 0.296 e. The van der Waals surface area contributed by atoms with Crippen LogP contribution in [0.25, 0.3) is 33.1 Å². The molecule has 2 fully saturated rings. The molecule has 8 heterocycles. The second-order valence-corrected chi connectivity index (χ2v) is 20.0. The summed E-state index contributed by atoms with van der Waals surface area (Å²) in [6.45, 7) is 7.56. The molecule has 4 aromatic carbocycles. The summed E-state index contributed by atoms with van der Waals surface area (Å²) in [5.74, 6) is -4.75. The molecule has 2 aliphatic rings. The van der Waals surface area contributed by atoms with Crippen LogP contribution in [0.4, 0.5) is 49.4 Å². The van der Waals surface area contributed by atoms with Crippen LogP contribution >= 0.6 is 0 Å². The standard InChI is InChI=1S/2C28H26F3N7O2/c2*1-16-4-6-20-25(26(16)40-23-8-9-37(3)13-28(23,30)31)27(34-14-32-20)36-18-5-7-21(17(2)10-18)39-22-11-24-33-15-35-38(24)12-19(22)29/h2*4-7,10-12,14-15,23H,8-9,13H2,1-3H3,(H,32,34,36). The van der Waals surface area contributed by atoms with E-state index in [1.165, 1.54) is 58.9 Å². The number of halogens is 6. The van der Waals surface area contributed by atoms with E-state index in [4.69, 9.17) is 18.9 Å². The van der Waals surface area contributed by atoms with E-state index in [0.29, 0.717) is 103 Å². The van der Waals surface area contributed by atoms with Crippen LogP contribution < -0.4 is 29.6 Å². The van der Waals surface area contributed by atoms with Gasteiger partial charge in [0.15, 0.2) is 46.6 Å². The number of nitrogens with zero attached hydrogens (tertiary/aromatic N) is 12. The molecule has 0 aliphatic carbocycles. The number of ether oxygens (including phenoxy) is 4. The molecule has 0 spiro atoms. The van der Waals surface area contributed by atoms with Crippen LogP contribution in [0.5, 0.6) is 34.5 Å². The lowest BCUT2D eigenvalue weighted by Crippen LogP contribution is -2.52. The molecule has 0 bridgehead atoms. The number of benzene rings is 4. The first-order valence-electron chi connectivity index (χ1n) is 25.4. The van der Waals surface area contributed by atoms with Gasteiger partial charge in [0, 0.05) is 49.4 Å². The lowest BCUT2D eigenvalue weighted by atomic mass is 10.0. The van der Waals surface area contributed by atoms with Crippen molar-refractivity contribution in [3.05, 3.63) is 144 Å². The number of aromatic nitrogens is 10. The number of alkyl halides is 4. The molecular formula is C56H52F6N14O4.